The van der Waals surface area contributed by atoms with Crippen molar-refractivity contribution in [1.29, 1.82) is 0 Å². The summed E-state index contributed by atoms with van der Waals surface area (Å²) in [5.41, 5.74) is 9.64. The Morgan fingerprint density at radius 3 is 1.86 bits per heavy atom. The van der Waals surface area contributed by atoms with Crippen LogP contribution in [-0.4, -0.2) is 65.5 Å². The molecule has 0 bridgehead atoms. The molecule has 4 rings (SSSR count). The predicted octanol–water partition coefficient (Wildman–Crippen LogP) is 4.73. The highest BCUT2D eigenvalue weighted by atomic mass is 16.5. The molecule has 0 aromatic heterocycles. The molecule has 0 aliphatic heterocycles. The minimum Gasteiger partial charge on any atom is -0.394 e. The first kappa shape index (κ1) is 25.4. The summed E-state index contributed by atoms with van der Waals surface area (Å²) in [6, 6.07) is 22.4. The topological polar surface area (TPSA) is 51.2 Å². The maximum atomic E-state index is 8.79. The predicted molar refractivity (Wildman–Crippen MR) is 142 cm³/mol. The summed E-state index contributed by atoms with van der Waals surface area (Å²) in [7, 11) is 4.16. The second-order valence-corrected chi connectivity index (χ2v) is 9.45. The van der Waals surface area contributed by atoms with Crippen molar-refractivity contribution >= 4 is 5.69 Å². The van der Waals surface area contributed by atoms with Crippen molar-refractivity contribution < 1.29 is 19.3 Å². The molecule has 1 aliphatic rings. The summed E-state index contributed by atoms with van der Waals surface area (Å²) in [4.78, 5) is 2.15. The maximum Gasteiger partial charge on any atom is 0.0701 e. The van der Waals surface area contributed by atoms with Crippen molar-refractivity contribution in [2.45, 2.75) is 19.3 Å². The van der Waals surface area contributed by atoms with Crippen LogP contribution in [0.1, 0.15) is 27.8 Å². The summed E-state index contributed by atoms with van der Waals surface area (Å²) < 4.78 is 17.3. The van der Waals surface area contributed by atoms with Gasteiger partial charge in [0.1, 0.15) is 0 Å². The zero-order valence-corrected chi connectivity index (χ0v) is 21.3. The van der Waals surface area contributed by atoms with E-state index in [1.165, 1.54) is 44.6 Å². The molecular formula is C30H37NO4. The molecule has 3 aromatic carbocycles. The number of fused-ring (bicyclic) bond motifs is 3. The van der Waals surface area contributed by atoms with Crippen LogP contribution in [0.15, 0.2) is 60.7 Å². The quantitative estimate of drug-likeness (QED) is 0.384. The second kappa shape index (κ2) is 11.4. The number of nitrogens with zero attached hydrogens (tertiary/aromatic N) is 1. The molecular weight excluding hydrogens is 438 g/mol. The van der Waals surface area contributed by atoms with Crippen LogP contribution in [0.5, 0.6) is 0 Å². The standard InChI is InChI=1S/C30H37NO4/c1-22-8-10-26-27-11-9-23(2)19-29(27)30(28(26)18-22,24-6-5-7-25(20-24)31(3)4)21-35-17-16-34-15-14-33-13-12-32/h5-11,18-20,32H,12-17,21H2,1-4H3. The summed E-state index contributed by atoms with van der Waals surface area (Å²) in [6.07, 6.45) is 0. The molecule has 1 N–H and O–H groups in total. The van der Waals surface area contributed by atoms with Gasteiger partial charge in [0.05, 0.1) is 51.7 Å². The van der Waals surface area contributed by atoms with Gasteiger partial charge >= 0.3 is 0 Å². The fourth-order valence-electron chi connectivity index (χ4n) is 4.97. The van der Waals surface area contributed by atoms with Gasteiger partial charge in [-0.25, -0.2) is 0 Å². The first-order chi connectivity index (χ1) is 17.0. The molecule has 0 amide bonds. The van der Waals surface area contributed by atoms with Crippen LogP contribution < -0.4 is 4.90 Å². The number of benzene rings is 3. The third-order valence-corrected chi connectivity index (χ3v) is 6.71. The lowest BCUT2D eigenvalue weighted by molar-refractivity contribution is 0.00349. The minimum atomic E-state index is -0.404. The minimum absolute atomic E-state index is 0.0299. The van der Waals surface area contributed by atoms with Crippen LogP contribution in [0.3, 0.4) is 0 Å². The summed E-state index contributed by atoms with van der Waals surface area (Å²) in [5.74, 6) is 0. The van der Waals surface area contributed by atoms with Crippen molar-refractivity contribution in [1.82, 2.24) is 0 Å². The highest BCUT2D eigenvalue weighted by Gasteiger charge is 2.45. The van der Waals surface area contributed by atoms with Crippen LogP contribution in [-0.2, 0) is 19.6 Å². The zero-order chi connectivity index (χ0) is 24.8. The normalized spacial score (nSPS) is 13.5. The number of rotatable bonds is 12. The molecule has 1 aliphatic carbocycles. The first-order valence-corrected chi connectivity index (χ1v) is 12.3. The average Bonchev–Trinajstić information content (AvgIpc) is 3.12. The van der Waals surface area contributed by atoms with E-state index in [9.17, 15) is 0 Å². The van der Waals surface area contributed by atoms with E-state index < -0.39 is 5.41 Å². The lowest BCUT2D eigenvalue weighted by Crippen LogP contribution is -2.34. The van der Waals surface area contributed by atoms with Crippen molar-refractivity contribution in [2.24, 2.45) is 0 Å². The monoisotopic (exact) mass is 475 g/mol. The van der Waals surface area contributed by atoms with Crippen LogP contribution in [0, 0.1) is 13.8 Å². The van der Waals surface area contributed by atoms with Crippen molar-refractivity contribution in [3.8, 4) is 11.1 Å². The first-order valence-electron chi connectivity index (χ1n) is 12.3. The largest absolute Gasteiger partial charge is 0.394 e. The summed E-state index contributed by atoms with van der Waals surface area (Å²) in [5, 5.41) is 8.79. The summed E-state index contributed by atoms with van der Waals surface area (Å²) in [6.45, 7) is 7.17. The molecule has 0 unspecified atom stereocenters. The Hall–Kier alpha value is -2.70. The van der Waals surface area contributed by atoms with Crippen molar-refractivity contribution in [3.63, 3.8) is 0 Å². The van der Waals surface area contributed by atoms with Crippen LogP contribution in [0.25, 0.3) is 11.1 Å². The van der Waals surface area contributed by atoms with Crippen molar-refractivity contribution in [3.05, 3.63) is 88.5 Å². The molecule has 186 valence electrons. The molecule has 0 spiro atoms. The molecule has 35 heavy (non-hydrogen) atoms. The highest BCUT2D eigenvalue weighted by Crippen LogP contribution is 2.53. The van der Waals surface area contributed by atoms with Gasteiger partial charge in [-0.1, -0.05) is 59.7 Å². The Morgan fingerprint density at radius 2 is 1.29 bits per heavy atom. The second-order valence-electron chi connectivity index (χ2n) is 9.45. The van der Waals surface area contributed by atoms with Gasteiger partial charge in [0.2, 0.25) is 0 Å². The van der Waals surface area contributed by atoms with Gasteiger partial charge in [0.15, 0.2) is 0 Å². The van der Waals surface area contributed by atoms with Gasteiger partial charge in [-0.05, 0) is 53.8 Å². The molecule has 5 nitrogen and oxygen atoms in total. The van der Waals surface area contributed by atoms with Gasteiger partial charge in [-0.15, -0.1) is 0 Å². The zero-order valence-electron chi connectivity index (χ0n) is 21.3. The molecule has 0 atom stereocenters. The number of hydrogen-bond donors (Lipinski definition) is 1. The maximum absolute atomic E-state index is 8.79. The van der Waals surface area contributed by atoms with E-state index in [1.54, 1.807) is 0 Å². The molecule has 0 radical (unpaired) electrons. The van der Waals surface area contributed by atoms with Crippen LogP contribution in [0.2, 0.25) is 0 Å². The number of aryl methyl sites for hydroxylation is 2. The Bertz CT molecular complexity index is 1090. The van der Waals surface area contributed by atoms with Crippen LogP contribution >= 0.6 is 0 Å². The Morgan fingerprint density at radius 1 is 0.714 bits per heavy atom. The Kier molecular flexibility index (Phi) is 8.24. The van der Waals surface area contributed by atoms with Gasteiger partial charge in [-0.3, -0.25) is 0 Å². The van der Waals surface area contributed by atoms with Crippen molar-refractivity contribution in [2.75, 3.05) is 65.2 Å². The number of ether oxygens (including phenoxy) is 3. The number of anilines is 1. The van der Waals surface area contributed by atoms with E-state index in [-0.39, 0.29) is 6.61 Å². The molecule has 3 aromatic rings. The van der Waals surface area contributed by atoms with Gasteiger partial charge in [0, 0.05) is 19.8 Å². The Balaban J connectivity index is 1.68. The molecule has 0 saturated heterocycles. The van der Waals surface area contributed by atoms with E-state index in [2.05, 4.69) is 93.5 Å². The van der Waals surface area contributed by atoms with Gasteiger partial charge in [-0.2, -0.15) is 0 Å². The fourth-order valence-corrected chi connectivity index (χ4v) is 4.97. The van der Waals surface area contributed by atoms with Gasteiger partial charge in [0.25, 0.3) is 0 Å². The third-order valence-electron chi connectivity index (χ3n) is 6.71. The molecule has 0 saturated carbocycles. The number of aliphatic hydroxyl groups is 1. The summed E-state index contributed by atoms with van der Waals surface area (Å²) >= 11 is 0. The lowest BCUT2D eigenvalue weighted by atomic mass is 9.72. The molecule has 5 heteroatoms. The van der Waals surface area contributed by atoms with E-state index in [1.807, 2.05) is 0 Å². The highest BCUT2D eigenvalue weighted by molar-refractivity contribution is 5.84. The molecule has 0 heterocycles. The van der Waals surface area contributed by atoms with E-state index in [0.717, 1.165) is 0 Å². The van der Waals surface area contributed by atoms with E-state index in [4.69, 9.17) is 19.3 Å². The third kappa shape index (κ3) is 5.29. The smallest absolute Gasteiger partial charge is 0.0701 e. The fraction of sp³-hybridized carbons (Fsp3) is 0.400. The number of hydrogen-bond acceptors (Lipinski definition) is 5. The lowest BCUT2D eigenvalue weighted by Gasteiger charge is -2.34. The molecule has 0 fully saturated rings. The van der Waals surface area contributed by atoms with E-state index >= 15 is 0 Å². The number of aliphatic hydroxyl groups excluding tert-OH is 1. The SMILES string of the molecule is Cc1ccc2c(c1)C(COCCOCCOCCO)(c1cccc(N(C)C)c1)c1cc(C)ccc1-2. The Labute approximate surface area is 209 Å². The van der Waals surface area contributed by atoms with E-state index in [0.29, 0.717) is 39.6 Å². The van der Waals surface area contributed by atoms with Crippen LogP contribution in [0.4, 0.5) is 5.69 Å². The average molecular weight is 476 g/mol. The van der Waals surface area contributed by atoms with Gasteiger partial charge < -0.3 is 24.2 Å².